The van der Waals surface area contributed by atoms with Crippen LogP contribution in [0.25, 0.3) is 0 Å². The summed E-state index contributed by atoms with van der Waals surface area (Å²) in [5, 5.41) is 6.13. The van der Waals surface area contributed by atoms with Gasteiger partial charge < -0.3 is 25.7 Å². The van der Waals surface area contributed by atoms with Crippen LogP contribution in [-0.2, 0) is 20.5 Å². The van der Waals surface area contributed by atoms with Gasteiger partial charge in [0.15, 0.2) is 0 Å². The zero-order valence-corrected chi connectivity index (χ0v) is 24.0. The van der Waals surface area contributed by atoms with Crippen LogP contribution >= 0.6 is 0 Å². The summed E-state index contributed by atoms with van der Waals surface area (Å²) in [5.74, 6) is 1.15. The molecule has 1 unspecified atom stereocenters. The van der Waals surface area contributed by atoms with Crippen molar-refractivity contribution in [3.63, 3.8) is 0 Å². The van der Waals surface area contributed by atoms with Crippen LogP contribution in [0.5, 0.6) is 0 Å². The number of nitrogens with one attached hydrogen (secondary N) is 2. The van der Waals surface area contributed by atoms with Gasteiger partial charge in [0, 0.05) is 12.1 Å². The van der Waals surface area contributed by atoms with Crippen molar-refractivity contribution in [1.82, 2.24) is 10.6 Å². The number of rotatable bonds is 10. The molecule has 5 fully saturated rings. The average molecular weight is 524 g/mol. The number of aryl methyl sites for hydroxylation is 1. The Balaban J connectivity index is 1.27. The predicted molar refractivity (Wildman–Crippen MR) is 149 cm³/mol. The van der Waals surface area contributed by atoms with Gasteiger partial charge in [-0.1, -0.05) is 53.2 Å². The van der Waals surface area contributed by atoms with Crippen LogP contribution in [0.2, 0.25) is 0 Å². The summed E-state index contributed by atoms with van der Waals surface area (Å²) in [4.78, 5) is 26.5. The van der Waals surface area contributed by atoms with Crippen LogP contribution in [-0.4, -0.2) is 48.7 Å². The average Bonchev–Trinajstić information content (AvgIpc) is 3.50. The molecule has 1 heterocycles. The summed E-state index contributed by atoms with van der Waals surface area (Å²) < 4.78 is 13.4. The molecule has 0 radical (unpaired) electrons. The fraction of sp³-hybridized carbons (Fsp3) is 0.733. The maximum absolute atomic E-state index is 13.5. The zero-order valence-electron chi connectivity index (χ0n) is 24.0. The molecule has 4 saturated carbocycles. The number of hydrogen-bond donors (Lipinski definition) is 3. The van der Waals surface area contributed by atoms with E-state index >= 15 is 0 Å². The summed E-state index contributed by atoms with van der Waals surface area (Å²) in [7, 11) is -0.492. The lowest BCUT2D eigenvalue weighted by Crippen LogP contribution is -2.65. The lowest BCUT2D eigenvalue weighted by Gasteiger charge is -2.64. The van der Waals surface area contributed by atoms with Gasteiger partial charge in [-0.05, 0) is 85.8 Å². The van der Waals surface area contributed by atoms with E-state index in [1.165, 1.54) is 12.0 Å². The molecule has 0 aromatic heterocycles. The highest BCUT2D eigenvalue weighted by Crippen LogP contribution is 2.67. The van der Waals surface area contributed by atoms with Gasteiger partial charge in [0.1, 0.15) is 6.04 Å². The fourth-order valence-electron chi connectivity index (χ4n) is 7.69. The fourth-order valence-corrected chi connectivity index (χ4v) is 7.69. The van der Waals surface area contributed by atoms with E-state index in [0.29, 0.717) is 23.3 Å². The lowest BCUT2D eigenvalue weighted by molar-refractivity contribution is -0.199. The van der Waals surface area contributed by atoms with E-state index < -0.39 is 18.6 Å². The zero-order chi connectivity index (χ0) is 27.5. The maximum Gasteiger partial charge on any atom is 0.485 e. The molecule has 1 aliphatic heterocycles. The smallest absolute Gasteiger partial charge is 0.404 e. The second-order valence-electron chi connectivity index (χ2n) is 13.4. The van der Waals surface area contributed by atoms with Gasteiger partial charge in [0.2, 0.25) is 5.91 Å². The summed E-state index contributed by atoms with van der Waals surface area (Å²) in [6.45, 7) is 13.4. The molecule has 0 spiro atoms. The van der Waals surface area contributed by atoms with E-state index in [1.54, 1.807) is 0 Å². The van der Waals surface area contributed by atoms with Crippen LogP contribution in [0, 0.1) is 29.1 Å². The molecule has 2 amide bonds. The van der Waals surface area contributed by atoms with E-state index in [0.717, 1.165) is 32.1 Å². The first-order valence-corrected chi connectivity index (χ1v) is 14.7. The number of hydrogen-bond acceptors (Lipinski definition) is 5. The maximum atomic E-state index is 13.5. The SMILES string of the molecule is CCCCc1ccc(C(=O)N[C@@H](CN)C(=O)NC2(B3O[C@@H]4C[C@@H]5C[C@@H](C5(C)C)[C@]4(C)O3)C[C@H]2C(C)C)cc1. The van der Waals surface area contributed by atoms with Crippen molar-refractivity contribution >= 4 is 18.9 Å². The van der Waals surface area contributed by atoms with Crippen molar-refractivity contribution < 1.29 is 18.9 Å². The molecule has 8 heteroatoms. The third kappa shape index (κ3) is 4.50. The predicted octanol–water partition coefficient (Wildman–Crippen LogP) is 3.88. The molecule has 2 bridgehead atoms. The van der Waals surface area contributed by atoms with Crippen LogP contribution in [0.1, 0.15) is 89.6 Å². The first kappa shape index (κ1) is 27.7. The molecule has 7 atom stereocenters. The molecule has 38 heavy (non-hydrogen) atoms. The van der Waals surface area contributed by atoms with Gasteiger partial charge in [-0.15, -0.1) is 0 Å². The van der Waals surface area contributed by atoms with Crippen molar-refractivity contribution in [1.29, 1.82) is 0 Å². The second-order valence-corrected chi connectivity index (χ2v) is 13.4. The minimum Gasteiger partial charge on any atom is -0.404 e. The van der Waals surface area contributed by atoms with Crippen LogP contribution < -0.4 is 16.4 Å². The van der Waals surface area contributed by atoms with E-state index in [2.05, 4.69) is 52.2 Å². The normalized spacial score (nSPS) is 35.3. The van der Waals surface area contributed by atoms with Crippen molar-refractivity contribution in [2.24, 2.45) is 34.8 Å². The Morgan fingerprint density at radius 3 is 2.45 bits per heavy atom. The van der Waals surface area contributed by atoms with Crippen molar-refractivity contribution in [2.45, 2.75) is 103 Å². The Hall–Kier alpha value is -1.90. The van der Waals surface area contributed by atoms with E-state index in [4.69, 9.17) is 15.0 Å². The van der Waals surface area contributed by atoms with Crippen molar-refractivity contribution in [3.8, 4) is 0 Å². The van der Waals surface area contributed by atoms with Crippen molar-refractivity contribution in [2.75, 3.05) is 6.54 Å². The number of carbonyl (C=O) groups is 2. The van der Waals surface area contributed by atoms with Gasteiger partial charge in [-0.2, -0.15) is 0 Å². The van der Waals surface area contributed by atoms with Crippen molar-refractivity contribution in [3.05, 3.63) is 35.4 Å². The third-order valence-corrected chi connectivity index (χ3v) is 10.5. The number of benzene rings is 1. The van der Waals surface area contributed by atoms with Gasteiger partial charge in [-0.25, -0.2) is 0 Å². The molecule has 4 aliphatic carbocycles. The first-order chi connectivity index (χ1) is 18.0. The summed E-state index contributed by atoms with van der Waals surface area (Å²) in [6.07, 6.45) is 6.28. The minimum atomic E-state index is -0.835. The van der Waals surface area contributed by atoms with Gasteiger partial charge >= 0.3 is 7.12 Å². The Kier molecular flexibility index (Phi) is 7.23. The topological polar surface area (TPSA) is 103 Å². The largest absolute Gasteiger partial charge is 0.485 e. The Morgan fingerprint density at radius 1 is 1.16 bits per heavy atom. The van der Waals surface area contributed by atoms with E-state index in [9.17, 15) is 9.59 Å². The molecule has 208 valence electrons. The molecule has 1 aromatic rings. The highest BCUT2D eigenvalue weighted by Gasteiger charge is 2.75. The summed E-state index contributed by atoms with van der Waals surface area (Å²) >= 11 is 0. The molecule has 7 nitrogen and oxygen atoms in total. The standard InChI is InChI=1S/C30H46BN3O4/c1-7-8-9-19-10-12-20(13-11-19)26(35)33-23(17-32)27(36)34-30(16-22(30)18(2)3)31-37-25-15-21-14-24(28(21,4)5)29(25,6)38-31/h10-13,18,21-25H,7-9,14-17,32H2,1-6H3,(H,33,35)(H,34,36)/t21-,22-,23-,24-,25+,29-,30?/m0/s1. The van der Waals surface area contributed by atoms with Crippen LogP contribution in [0.4, 0.5) is 0 Å². The molecular formula is C30H46BN3O4. The Labute approximate surface area is 228 Å². The highest BCUT2D eigenvalue weighted by molar-refractivity contribution is 6.51. The quantitative estimate of drug-likeness (QED) is 0.404. The number of nitrogens with two attached hydrogens (primary N) is 1. The molecule has 4 N–H and O–H groups in total. The van der Waals surface area contributed by atoms with E-state index in [1.807, 2.05) is 24.3 Å². The van der Waals surface area contributed by atoms with E-state index in [-0.39, 0.29) is 41.4 Å². The number of carbonyl (C=O) groups excluding carboxylic acids is 2. The summed E-state index contributed by atoms with van der Waals surface area (Å²) in [5.41, 5.74) is 7.05. The van der Waals surface area contributed by atoms with Crippen LogP contribution in [0.15, 0.2) is 24.3 Å². The summed E-state index contributed by atoms with van der Waals surface area (Å²) in [6, 6.07) is 6.76. The van der Waals surface area contributed by atoms with Gasteiger partial charge in [0.05, 0.1) is 17.1 Å². The van der Waals surface area contributed by atoms with Gasteiger partial charge in [0.25, 0.3) is 5.91 Å². The minimum absolute atomic E-state index is 0.0131. The molecule has 5 aliphatic rings. The molecular weight excluding hydrogens is 477 g/mol. The molecule has 1 aromatic carbocycles. The highest BCUT2D eigenvalue weighted by atomic mass is 16.7. The monoisotopic (exact) mass is 523 g/mol. The Morgan fingerprint density at radius 2 is 1.87 bits per heavy atom. The molecule has 1 saturated heterocycles. The first-order valence-electron chi connectivity index (χ1n) is 14.7. The van der Waals surface area contributed by atoms with Gasteiger partial charge in [-0.3, -0.25) is 9.59 Å². The number of amides is 2. The Bertz CT molecular complexity index is 1060. The van der Waals surface area contributed by atoms with Crippen LogP contribution in [0.3, 0.4) is 0 Å². The lowest BCUT2D eigenvalue weighted by atomic mass is 9.43. The number of unbranched alkanes of at least 4 members (excludes halogenated alkanes) is 1. The molecule has 6 rings (SSSR count). The second kappa shape index (κ2) is 9.94. The third-order valence-electron chi connectivity index (χ3n) is 10.5.